The predicted molar refractivity (Wildman–Crippen MR) is 199 cm³/mol. The third kappa shape index (κ3) is 28.4. The van der Waals surface area contributed by atoms with Crippen LogP contribution in [-0.4, -0.2) is 221 Å². The van der Waals surface area contributed by atoms with E-state index in [1.54, 1.807) is 6.92 Å². The molecule has 7 fully saturated rings. The molecule has 18 heteroatoms. The van der Waals surface area contributed by atoms with Crippen LogP contribution in [0.25, 0.3) is 0 Å². The summed E-state index contributed by atoms with van der Waals surface area (Å²) in [5.74, 6) is 0. The van der Waals surface area contributed by atoms with E-state index < -0.39 is 12.2 Å². The Morgan fingerprint density at radius 3 is 1.39 bits per heavy atom. The summed E-state index contributed by atoms with van der Waals surface area (Å²) in [6.07, 6.45) is 4.98. The number of hydrogen-bond donors (Lipinski definition) is 3. The van der Waals surface area contributed by atoms with Crippen LogP contribution in [0.1, 0.15) is 45.4 Å². The third-order valence-corrected chi connectivity index (χ3v) is 9.25. The molecule has 7 saturated heterocycles. The third-order valence-electron chi connectivity index (χ3n) is 9.25. The molecule has 0 aliphatic carbocycles. The van der Waals surface area contributed by atoms with Crippen molar-refractivity contribution in [3.8, 4) is 0 Å². The van der Waals surface area contributed by atoms with Crippen LogP contribution in [0.5, 0.6) is 0 Å². The molecule has 0 radical (unpaired) electrons. The number of rotatable bonds is 36. The molecule has 3 N–H and O–H groups in total. The zero-order valence-corrected chi connectivity index (χ0v) is 33.8. The molecular formula is C39H70O18. The highest BCUT2D eigenvalue weighted by Crippen LogP contribution is 2.18. The average Bonchev–Trinajstić information content (AvgIpc) is 4.00. The summed E-state index contributed by atoms with van der Waals surface area (Å²) in [7, 11) is 0. The largest absolute Gasteiger partial charge is 0.393 e. The highest BCUT2D eigenvalue weighted by Gasteiger charge is 2.30. The Hall–Kier alpha value is -0.720. The predicted octanol–water partition coefficient (Wildman–Crippen LogP) is 0.0215. The number of epoxide rings is 7. The van der Waals surface area contributed by atoms with Gasteiger partial charge >= 0.3 is 0 Å². The maximum atomic E-state index is 9.80. The van der Waals surface area contributed by atoms with Crippen LogP contribution in [0, 0.1) is 0 Å². The van der Waals surface area contributed by atoms with E-state index >= 15 is 0 Å². The monoisotopic (exact) mass is 826 g/mol. The van der Waals surface area contributed by atoms with Gasteiger partial charge < -0.3 is 86.4 Å². The van der Waals surface area contributed by atoms with Gasteiger partial charge in [0.1, 0.15) is 43.2 Å². The average molecular weight is 827 g/mol. The second-order valence-electron chi connectivity index (χ2n) is 15.5. The number of ether oxygens (including phenoxy) is 15. The first-order chi connectivity index (χ1) is 27.9. The molecule has 334 valence electrons. The Morgan fingerprint density at radius 2 is 0.895 bits per heavy atom. The summed E-state index contributed by atoms with van der Waals surface area (Å²) in [5.41, 5.74) is 0. The van der Waals surface area contributed by atoms with Crippen LogP contribution in [-0.2, 0) is 71.1 Å². The lowest BCUT2D eigenvalue weighted by molar-refractivity contribution is -0.0982. The maximum Gasteiger partial charge on any atom is 0.181 e. The molecule has 11 atom stereocenters. The van der Waals surface area contributed by atoms with Crippen LogP contribution < -0.4 is 0 Å². The van der Waals surface area contributed by atoms with E-state index in [2.05, 4.69) is 0 Å². The van der Waals surface area contributed by atoms with Crippen LogP contribution in [0.4, 0.5) is 0 Å². The van der Waals surface area contributed by atoms with Gasteiger partial charge in [0, 0.05) is 26.4 Å². The van der Waals surface area contributed by atoms with Crippen LogP contribution >= 0.6 is 0 Å². The van der Waals surface area contributed by atoms with Gasteiger partial charge in [0.2, 0.25) is 0 Å². The summed E-state index contributed by atoms with van der Waals surface area (Å²) in [6.45, 7) is 14.4. The second-order valence-corrected chi connectivity index (χ2v) is 15.5. The molecule has 0 bridgehead atoms. The van der Waals surface area contributed by atoms with Crippen LogP contribution in [0.2, 0.25) is 0 Å². The van der Waals surface area contributed by atoms with Crippen molar-refractivity contribution in [3.05, 3.63) is 0 Å². The van der Waals surface area contributed by atoms with Gasteiger partial charge in [0.15, 0.2) is 6.29 Å². The topological polar surface area (TPSA) is 222 Å². The van der Waals surface area contributed by atoms with Crippen molar-refractivity contribution in [1.29, 1.82) is 0 Å². The van der Waals surface area contributed by atoms with Gasteiger partial charge in [0.25, 0.3) is 0 Å². The van der Waals surface area contributed by atoms with Crippen molar-refractivity contribution in [2.45, 2.75) is 119 Å². The number of aliphatic hydroxyl groups is 3. The minimum atomic E-state index is -0.451. The summed E-state index contributed by atoms with van der Waals surface area (Å²) < 4.78 is 79.6. The number of hydrogen-bond acceptors (Lipinski definition) is 18. The molecule has 7 rings (SSSR count). The van der Waals surface area contributed by atoms with Crippen molar-refractivity contribution >= 4 is 0 Å². The fourth-order valence-electron chi connectivity index (χ4n) is 5.11. The zero-order chi connectivity index (χ0) is 39.9. The maximum absolute atomic E-state index is 9.80. The van der Waals surface area contributed by atoms with Crippen molar-refractivity contribution in [1.82, 2.24) is 0 Å². The molecule has 7 aliphatic rings. The van der Waals surface area contributed by atoms with Crippen molar-refractivity contribution < 1.29 is 86.4 Å². The zero-order valence-electron chi connectivity index (χ0n) is 33.8. The molecule has 0 saturated carbocycles. The molecule has 7 heterocycles. The summed E-state index contributed by atoms with van der Waals surface area (Å²) in [5, 5.41) is 28.5. The van der Waals surface area contributed by atoms with E-state index in [-0.39, 0.29) is 36.8 Å². The van der Waals surface area contributed by atoms with Gasteiger partial charge in [-0.15, -0.1) is 0 Å². The molecule has 0 aromatic carbocycles. The van der Waals surface area contributed by atoms with Crippen molar-refractivity contribution in [3.63, 3.8) is 0 Å². The van der Waals surface area contributed by atoms with Gasteiger partial charge in [-0.1, -0.05) is 0 Å². The lowest BCUT2D eigenvalue weighted by atomic mass is 10.2. The lowest BCUT2D eigenvalue weighted by Crippen LogP contribution is -2.29. The summed E-state index contributed by atoms with van der Waals surface area (Å²) in [4.78, 5) is 0. The highest BCUT2D eigenvalue weighted by molar-refractivity contribution is 4.73. The summed E-state index contributed by atoms with van der Waals surface area (Å²) >= 11 is 0. The number of aliphatic hydroxyl groups excluding tert-OH is 3. The molecule has 0 amide bonds. The molecule has 0 aromatic rings. The van der Waals surface area contributed by atoms with E-state index in [1.165, 1.54) is 0 Å². The van der Waals surface area contributed by atoms with Crippen LogP contribution in [0.15, 0.2) is 0 Å². The van der Waals surface area contributed by atoms with Gasteiger partial charge in [-0.2, -0.15) is 0 Å². The van der Waals surface area contributed by atoms with E-state index in [4.69, 9.17) is 76.2 Å². The van der Waals surface area contributed by atoms with E-state index in [9.17, 15) is 10.2 Å². The first-order valence-electron chi connectivity index (χ1n) is 21.0. The Balaban J connectivity index is 0.000000165. The Labute approximate surface area is 337 Å². The Bertz CT molecular complexity index is 956. The lowest BCUT2D eigenvalue weighted by Gasteiger charge is -2.18. The molecular weight excluding hydrogens is 756 g/mol. The molecule has 0 spiro atoms. The molecule has 7 aliphatic heterocycles. The van der Waals surface area contributed by atoms with Gasteiger partial charge in [-0.25, -0.2) is 0 Å². The summed E-state index contributed by atoms with van der Waals surface area (Å²) in [6, 6.07) is 0. The van der Waals surface area contributed by atoms with Gasteiger partial charge in [-0.3, -0.25) is 0 Å². The first kappa shape index (κ1) is 47.3. The van der Waals surface area contributed by atoms with E-state index in [0.717, 1.165) is 58.9 Å². The van der Waals surface area contributed by atoms with Gasteiger partial charge in [-0.05, 0) is 45.4 Å². The Morgan fingerprint density at radius 1 is 0.439 bits per heavy atom. The fourth-order valence-corrected chi connectivity index (χ4v) is 5.11. The molecule has 11 unspecified atom stereocenters. The first-order valence-corrected chi connectivity index (χ1v) is 21.0. The molecule has 18 nitrogen and oxygen atoms in total. The minimum Gasteiger partial charge on any atom is -0.393 e. The minimum absolute atomic E-state index is 0.119. The molecule has 57 heavy (non-hydrogen) atoms. The van der Waals surface area contributed by atoms with Crippen molar-refractivity contribution in [2.75, 3.05) is 132 Å². The van der Waals surface area contributed by atoms with Crippen LogP contribution in [0.3, 0.4) is 0 Å². The van der Waals surface area contributed by atoms with Gasteiger partial charge in [0.05, 0.1) is 130 Å². The standard InChI is InChI=1S/C14H24O7.C14H26O6.C11H20O5/c15-10(1-2-11-7-18-11)3-16-5-13(21-14-9-20-14)6-17-4-12-8-19-12;1-11(15)6-16-4-2-12(18-9-14-10-20-14)3-5-17-7-13-8-19-13;12-9(1-3-13-5-10-7-15-10)2-4-14-6-11-8-16-11/h10-15H,1-9H2;11-15H,2-10H2,1H3;9-12H,1-8H2. The highest BCUT2D eigenvalue weighted by atomic mass is 16.8. The van der Waals surface area contributed by atoms with Crippen molar-refractivity contribution in [2.24, 2.45) is 0 Å². The fraction of sp³-hybridized carbons (Fsp3) is 1.00. The quantitative estimate of drug-likeness (QED) is 0.0560. The normalized spacial score (nSPS) is 29.8. The SMILES string of the molecule is CC(O)COCCC(CCOCC1CO1)OCC1CO1.OC(CCC1CO1)COCC(COCC1CO1)OC1CO1.OC(CCOCC1CO1)CCOCC1CO1. The van der Waals surface area contributed by atoms with E-state index in [0.29, 0.717) is 136 Å². The Kier molecular flexibility index (Phi) is 23.2. The second kappa shape index (κ2) is 28.0. The van der Waals surface area contributed by atoms with E-state index in [1.807, 2.05) is 0 Å². The molecule has 0 aromatic heterocycles. The smallest absolute Gasteiger partial charge is 0.181 e.